The van der Waals surface area contributed by atoms with Crippen molar-refractivity contribution in [3.63, 3.8) is 0 Å². The molecule has 1 aromatic carbocycles. The molecular weight excluding hydrogens is 289 g/mol. The summed E-state index contributed by atoms with van der Waals surface area (Å²) < 4.78 is 47.2. The van der Waals surface area contributed by atoms with Gasteiger partial charge in [0.1, 0.15) is 0 Å². The number of hydrogen-bond donors (Lipinski definition) is 0. The summed E-state index contributed by atoms with van der Waals surface area (Å²) in [5.74, 6) is -3.95. The molecule has 2 rings (SSSR count). The second-order valence-electron chi connectivity index (χ2n) is 5.19. The van der Waals surface area contributed by atoms with Gasteiger partial charge >= 0.3 is 18.1 Å². The number of cyclic esters (lactones) is 2. The van der Waals surface area contributed by atoms with Crippen LogP contribution < -0.4 is 0 Å². The first-order valence-corrected chi connectivity index (χ1v) is 6.20. The Balaban J connectivity index is 2.12. The standard InChI is InChI=1S/C14H13F3O4/c1-13(2)20-11(18)10(12(19)21-13)7-8-3-5-9(6-4-8)14(15,16)17/h3-6,10H,7H2,1-2H3. The van der Waals surface area contributed by atoms with Crippen LogP contribution in [0.15, 0.2) is 24.3 Å². The summed E-state index contributed by atoms with van der Waals surface area (Å²) in [6, 6.07) is 4.25. The zero-order chi connectivity index (χ0) is 15.8. The van der Waals surface area contributed by atoms with Crippen molar-refractivity contribution in [2.24, 2.45) is 5.92 Å². The van der Waals surface area contributed by atoms with E-state index in [1.165, 1.54) is 26.0 Å². The molecule has 0 aliphatic carbocycles. The van der Waals surface area contributed by atoms with Crippen LogP contribution in [0.2, 0.25) is 0 Å². The Bertz CT molecular complexity index is 541. The summed E-state index contributed by atoms with van der Waals surface area (Å²) in [7, 11) is 0. The number of esters is 2. The molecule has 114 valence electrons. The number of ether oxygens (including phenoxy) is 2. The highest BCUT2D eigenvalue weighted by Crippen LogP contribution is 2.30. The van der Waals surface area contributed by atoms with Crippen LogP contribution in [0.4, 0.5) is 13.2 Å². The number of benzene rings is 1. The van der Waals surface area contributed by atoms with Crippen LogP contribution in [-0.2, 0) is 31.7 Å². The van der Waals surface area contributed by atoms with Gasteiger partial charge in [-0.3, -0.25) is 9.59 Å². The Morgan fingerprint density at radius 2 is 1.52 bits per heavy atom. The lowest BCUT2D eigenvalue weighted by atomic mass is 9.97. The fourth-order valence-corrected chi connectivity index (χ4v) is 1.98. The van der Waals surface area contributed by atoms with E-state index in [4.69, 9.17) is 9.47 Å². The molecule has 0 saturated carbocycles. The second kappa shape index (κ2) is 5.05. The van der Waals surface area contributed by atoms with E-state index in [2.05, 4.69) is 0 Å². The number of alkyl halides is 3. The fraction of sp³-hybridized carbons (Fsp3) is 0.429. The summed E-state index contributed by atoms with van der Waals surface area (Å²) >= 11 is 0. The predicted molar refractivity (Wildman–Crippen MR) is 64.9 cm³/mol. The first-order chi connectivity index (χ1) is 9.58. The lowest BCUT2D eigenvalue weighted by Gasteiger charge is -2.32. The molecule has 1 aliphatic heterocycles. The van der Waals surface area contributed by atoms with Crippen molar-refractivity contribution in [3.8, 4) is 0 Å². The Labute approximate surface area is 118 Å². The van der Waals surface area contributed by atoms with Crippen LogP contribution in [0.5, 0.6) is 0 Å². The third-order valence-corrected chi connectivity index (χ3v) is 2.98. The molecule has 0 unspecified atom stereocenters. The van der Waals surface area contributed by atoms with E-state index in [9.17, 15) is 22.8 Å². The van der Waals surface area contributed by atoms with E-state index >= 15 is 0 Å². The van der Waals surface area contributed by atoms with E-state index < -0.39 is 35.4 Å². The molecule has 1 heterocycles. The van der Waals surface area contributed by atoms with E-state index in [1.54, 1.807) is 0 Å². The molecule has 0 atom stereocenters. The monoisotopic (exact) mass is 302 g/mol. The van der Waals surface area contributed by atoms with Gasteiger partial charge in [-0.2, -0.15) is 13.2 Å². The van der Waals surface area contributed by atoms with Gasteiger partial charge in [0.05, 0.1) is 5.56 Å². The number of hydrogen-bond acceptors (Lipinski definition) is 4. The Kier molecular flexibility index (Phi) is 3.69. The number of halogens is 3. The van der Waals surface area contributed by atoms with Gasteiger partial charge in [-0.15, -0.1) is 0 Å². The zero-order valence-corrected chi connectivity index (χ0v) is 11.4. The molecule has 4 nitrogen and oxygen atoms in total. The number of carbonyl (C=O) groups excluding carboxylic acids is 2. The highest BCUT2D eigenvalue weighted by molar-refractivity contribution is 5.96. The molecule has 0 amide bonds. The van der Waals surface area contributed by atoms with Crippen molar-refractivity contribution in [2.45, 2.75) is 32.2 Å². The maximum Gasteiger partial charge on any atom is 0.416 e. The highest BCUT2D eigenvalue weighted by Gasteiger charge is 2.43. The summed E-state index contributed by atoms with van der Waals surface area (Å²) in [6.45, 7) is 2.86. The molecule has 1 aromatic rings. The lowest BCUT2D eigenvalue weighted by molar-refractivity contribution is -0.239. The van der Waals surface area contributed by atoms with Gasteiger partial charge in [-0.05, 0) is 24.1 Å². The minimum atomic E-state index is -4.43. The van der Waals surface area contributed by atoms with Crippen LogP contribution in [0.3, 0.4) is 0 Å². The predicted octanol–water partition coefficient (Wildman–Crippen LogP) is 2.70. The molecule has 7 heteroatoms. The second-order valence-corrected chi connectivity index (χ2v) is 5.19. The third kappa shape index (κ3) is 3.53. The van der Waals surface area contributed by atoms with Gasteiger partial charge in [0.2, 0.25) is 0 Å². The highest BCUT2D eigenvalue weighted by atomic mass is 19.4. The summed E-state index contributed by atoms with van der Waals surface area (Å²) in [6.07, 6.45) is -4.49. The van der Waals surface area contributed by atoms with Crippen molar-refractivity contribution < 1.29 is 32.2 Å². The Hall–Kier alpha value is -2.05. The Morgan fingerprint density at radius 1 is 1.05 bits per heavy atom. The fourth-order valence-electron chi connectivity index (χ4n) is 1.98. The van der Waals surface area contributed by atoms with E-state index in [0.29, 0.717) is 5.56 Å². The first kappa shape index (κ1) is 15.3. The van der Waals surface area contributed by atoms with Crippen molar-refractivity contribution in [1.82, 2.24) is 0 Å². The Morgan fingerprint density at radius 3 is 1.95 bits per heavy atom. The summed E-state index contributed by atoms with van der Waals surface area (Å²) in [4.78, 5) is 23.5. The van der Waals surface area contributed by atoms with E-state index in [0.717, 1.165) is 12.1 Å². The molecule has 0 spiro atoms. The number of carbonyl (C=O) groups is 2. The van der Waals surface area contributed by atoms with Gasteiger partial charge in [0.15, 0.2) is 5.92 Å². The SMILES string of the molecule is CC1(C)OC(=O)C(Cc2ccc(C(F)(F)F)cc2)C(=O)O1. The van der Waals surface area contributed by atoms with Crippen LogP contribution in [0.25, 0.3) is 0 Å². The van der Waals surface area contributed by atoms with E-state index in [1.807, 2.05) is 0 Å². The van der Waals surface area contributed by atoms with Crippen LogP contribution in [-0.4, -0.2) is 17.7 Å². The average Bonchev–Trinajstić information content (AvgIpc) is 2.32. The third-order valence-electron chi connectivity index (χ3n) is 2.98. The van der Waals surface area contributed by atoms with E-state index in [-0.39, 0.29) is 6.42 Å². The largest absolute Gasteiger partial charge is 0.422 e. The molecule has 1 fully saturated rings. The molecule has 0 bridgehead atoms. The quantitative estimate of drug-likeness (QED) is 0.622. The normalized spacial score (nSPS) is 19.1. The number of rotatable bonds is 2. The molecule has 1 saturated heterocycles. The van der Waals surface area contributed by atoms with Crippen LogP contribution in [0, 0.1) is 5.92 Å². The maximum atomic E-state index is 12.4. The van der Waals surface area contributed by atoms with Gasteiger partial charge in [-0.25, -0.2) is 0 Å². The lowest BCUT2D eigenvalue weighted by Crippen LogP contribution is -2.46. The minimum absolute atomic E-state index is 0.0636. The molecular formula is C14H13F3O4. The van der Waals surface area contributed by atoms with Crippen molar-refractivity contribution in [3.05, 3.63) is 35.4 Å². The van der Waals surface area contributed by atoms with Crippen molar-refractivity contribution in [2.75, 3.05) is 0 Å². The van der Waals surface area contributed by atoms with Gasteiger partial charge in [0, 0.05) is 13.8 Å². The topological polar surface area (TPSA) is 52.6 Å². The summed E-state index contributed by atoms with van der Waals surface area (Å²) in [5.41, 5.74) is -0.372. The van der Waals surface area contributed by atoms with Crippen LogP contribution >= 0.6 is 0 Å². The molecule has 21 heavy (non-hydrogen) atoms. The maximum absolute atomic E-state index is 12.4. The van der Waals surface area contributed by atoms with Crippen molar-refractivity contribution >= 4 is 11.9 Å². The van der Waals surface area contributed by atoms with Gasteiger partial charge in [-0.1, -0.05) is 12.1 Å². The van der Waals surface area contributed by atoms with Gasteiger partial charge < -0.3 is 9.47 Å². The molecule has 0 N–H and O–H groups in total. The van der Waals surface area contributed by atoms with Crippen molar-refractivity contribution in [1.29, 1.82) is 0 Å². The molecule has 1 aliphatic rings. The van der Waals surface area contributed by atoms with Crippen LogP contribution in [0.1, 0.15) is 25.0 Å². The molecule has 0 radical (unpaired) electrons. The van der Waals surface area contributed by atoms with Gasteiger partial charge in [0.25, 0.3) is 5.79 Å². The minimum Gasteiger partial charge on any atom is -0.422 e. The zero-order valence-electron chi connectivity index (χ0n) is 11.4. The average molecular weight is 302 g/mol. The molecule has 0 aromatic heterocycles. The smallest absolute Gasteiger partial charge is 0.416 e. The summed E-state index contributed by atoms with van der Waals surface area (Å²) in [5, 5.41) is 0. The first-order valence-electron chi connectivity index (χ1n) is 6.20.